The van der Waals surface area contributed by atoms with Crippen LogP contribution in [0.1, 0.15) is 28.4 Å². The van der Waals surface area contributed by atoms with Crippen molar-refractivity contribution < 1.29 is 32.7 Å². The zero-order valence-electron chi connectivity index (χ0n) is 16.2. The molecule has 0 saturated carbocycles. The van der Waals surface area contributed by atoms with Crippen LogP contribution in [0.4, 0.5) is 13.6 Å². The van der Waals surface area contributed by atoms with Crippen molar-refractivity contribution >= 4 is 23.7 Å². The average molecular weight is 416 g/mol. The molecule has 1 aliphatic heterocycles. The largest absolute Gasteiger partial charge is 0.456 e. The van der Waals surface area contributed by atoms with Gasteiger partial charge in [0.1, 0.15) is 12.1 Å². The van der Waals surface area contributed by atoms with Crippen LogP contribution in [0.15, 0.2) is 42.5 Å². The zero-order chi connectivity index (χ0) is 22.1. The van der Waals surface area contributed by atoms with Gasteiger partial charge in [0, 0.05) is 5.56 Å². The van der Waals surface area contributed by atoms with E-state index in [-0.39, 0.29) is 5.56 Å². The van der Waals surface area contributed by atoms with Gasteiger partial charge < -0.3 is 10.1 Å². The zero-order valence-corrected chi connectivity index (χ0v) is 16.2. The number of rotatable bonds is 6. The maximum atomic E-state index is 13.2. The van der Waals surface area contributed by atoms with Gasteiger partial charge in [0.15, 0.2) is 24.0 Å². The highest BCUT2D eigenvalue weighted by Crippen LogP contribution is 2.28. The second-order valence-corrected chi connectivity index (χ2v) is 7.03. The Kier molecular flexibility index (Phi) is 5.64. The van der Waals surface area contributed by atoms with Crippen LogP contribution in [0.2, 0.25) is 0 Å². The number of urea groups is 1. The van der Waals surface area contributed by atoms with Crippen molar-refractivity contribution in [1.29, 1.82) is 0 Å². The number of hydrogen-bond acceptors (Lipinski definition) is 5. The second kappa shape index (κ2) is 8.02. The van der Waals surface area contributed by atoms with E-state index in [0.29, 0.717) is 16.5 Å². The normalized spacial score (nSPS) is 18.3. The molecule has 1 N–H and O–H groups in total. The highest BCUT2D eigenvalue weighted by Gasteiger charge is 2.49. The molecule has 1 heterocycles. The molecule has 3 rings (SSSR count). The highest BCUT2D eigenvalue weighted by atomic mass is 19.2. The predicted octanol–water partition coefficient (Wildman–Crippen LogP) is 2.47. The standard InChI is InChI=1S/C21H18F2N2O5/c1-12-3-6-14(7-4-12)21(2)19(28)25(20(29)24-21)10-18(27)30-11-17(26)13-5-8-15(22)16(23)9-13/h3-9H,10-11H2,1-2H3,(H,24,29)/t21-/m0/s1. The van der Waals surface area contributed by atoms with Gasteiger partial charge in [-0.2, -0.15) is 0 Å². The number of benzene rings is 2. The van der Waals surface area contributed by atoms with Crippen LogP contribution in [0, 0.1) is 18.6 Å². The van der Waals surface area contributed by atoms with E-state index < -0.39 is 54.0 Å². The molecule has 3 amide bonds. The molecule has 30 heavy (non-hydrogen) atoms. The molecule has 7 nitrogen and oxygen atoms in total. The van der Waals surface area contributed by atoms with Crippen molar-refractivity contribution in [2.75, 3.05) is 13.2 Å². The lowest BCUT2D eigenvalue weighted by Gasteiger charge is -2.22. The summed E-state index contributed by atoms with van der Waals surface area (Å²) in [6.45, 7) is 1.96. The minimum atomic E-state index is -1.34. The van der Waals surface area contributed by atoms with Crippen molar-refractivity contribution in [2.24, 2.45) is 0 Å². The number of carbonyl (C=O) groups excluding carboxylic acids is 4. The fraction of sp³-hybridized carbons (Fsp3) is 0.238. The first-order chi connectivity index (χ1) is 14.1. The molecule has 0 unspecified atom stereocenters. The van der Waals surface area contributed by atoms with Crippen molar-refractivity contribution in [2.45, 2.75) is 19.4 Å². The number of nitrogens with one attached hydrogen (secondary N) is 1. The van der Waals surface area contributed by atoms with Gasteiger partial charge in [-0.25, -0.2) is 13.6 Å². The summed E-state index contributed by atoms with van der Waals surface area (Å²) in [5.74, 6) is -4.72. The number of ether oxygens (including phenoxy) is 1. The van der Waals surface area contributed by atoms with E-state index in [1.807, 2.05) is 6.92 Å². The number of Topliss-reactive ketones (excluding diaryl/α,β-unsaturated/α-hetero) is 1. The first-order valence-corrected chi connectivity index (χ1v) is 8.97. The Labute approximate surface area is 170 Å². The Bertz CT molecular complexity index is 1040. The van der Waals surface area contributed by atoms with Gasteiger partial charge in [0.2, 0.25) is 0 Å². The van der Waals surface area contributed by atoms with Gasteiger partial charge in [0.05, 0.1) is 0 Å². The summed E-state index contributed by atoms with van der Waals surface area (Å²) in [5.41, 5.74) is 0.0108. The lowest BCUT2D eigenvalue weighted by molar-refractivity contribution is -0.146. The maximum Gasteiger partial charge on any atom is 0.326 e. The lowest BCUT2D eigenvalue weighted by Crippen LogP contribution is -2.41. The quantitative estimate of drug-likeness (QED) is 0.444. The summed E-state index contributed by atoms with van der Waals surface area (Å²) in [5, 5.41) is 2.56. The molecular weight excluding hydrogens is 398 g/mol. The first kappa shape index (κ1) is 21.1. The number of esters is 1. The van der Waals surface area contributed by atoms with E-state index in [2.05, 4.69) is 5.32 Å². The summed E-state index contributed by atoms with van der Waals surface area (Å²) >= 11 is 0. The van der Waals surface area contributed by atoms with Crippen LogP contribution in [0.5, 0.6) is 0 Å². The number of carbonyl (C=O) groups is 4. The van der Waals surface area contributed by atoms with Gasteiger partial charge in [-0.05, 0) is 37.6 Å². The van der Waals surface area contributed by atoms with Gasteiger partial charge in [-0.3, -0.25) is 19.3 Å². The van der Waals surface area contributed by atoms with E-state index in [0.717, 1.165) is 17.7 Å². The molecule has 0 bridgehead atoms. The van der Waals surface area contributed by atoms with Gasteiger partial charge in [-0.15, -0.1) is 0 Å². The number of amides is 3. The molecule has 2 aromatic rings. The van der Waals surface area contributed by atoms with E-state index in [1.54, 1.807) is 24.3 Å². The number of nitrogens with zero attached hydrogens (tertiary/aromatic N) is 1. The van der Waals surface area contributed by atoms with Crippen LogP contribution in [-0.2, 0) is 19.9 Å². The van der Waals surface area contributed by atoms with Crippen LogP contribution < -0.4 is 5.32 Å². The summed E-state index contributed by atoms with van der Waals surface area (Å²) in [6, 6.07) is 8.75. The Morgan fingerprint density at radius 1 is 1.07 bits per heavy atom. The number of halogens is 2. The molecule has 0 radical (unpaired) electrons. The maximum absolute atomic E-state index is 13.2. The van der Waals surface area contributed by atoms with E-state index >= 15 is 0 Å². The van der Waals surface area contributed by atoms with E-state index in [9.17, 15) is 28.0 Å². The molecule has 1 saturated heterocycles. The summed E-state index contributed by atoms with van der Waals surface area (Å²) in [4.78, 5) is 49.7. The fourth-order valence-electron chi connectivity index (χ4n) is 3.00. The van der Waals surface area contributed by atoms with Crippen LogP contribution in [0.25, 0.3) is 0 Å². The Morgan fingerprint density at radius 3 is 2.37 bits per heavy atom. The van der Waals surface area contributed by atoms with E-state index in [1.165, 1.54) is 6.92 Å². The lowest BCUT2D eigenvalue weighted by atomic mass is 9.91. The Morgan fingerprint density at radius 2 is 1.73 bits per heavy atom. The smallest absolute Gasteiger partial charge is 0.326 e. The van der Waals surface area contributed by atoms with E-state index in [4.69, 9.17) is 4.74 Å². The molecule has 0 spiro atoms. The number of aryl methyl sites for hydroxylation is 1. The van der Waals surface area contributed by atoms with Crippen LogP contribution in [-0.4, -0.2) is 41.7 Å². The fourth-order valence-corrected chi connectivity index (χ4v) is 3.00. The van der Waals surface area contributed by atoms with Crippen LogP contribution >= 0.6 is 0 Å². The first-order valence-electron chi connectivity index (χ1n) is 8.97. The monoisotopic (exact) mass is 416 g/mol. The molecule has 0 aromatic heterocycles. The second-order valence-electron chi connectivity index (χ2n) is 7.03. The van der Waals surface area contributed by atoms with Crippen molar-refractivity contribution in [3.63, 3.8) is 0 Å². The number of ketones is 1. The SMILES string of the molecule is Cc1ccc([C@]2(C)NC(=O)N(CC(=O)OCC(=O)c3ccc(F)c(F)c3)C2=O)cc1. The average Bonchev–Trinajstić information content (AvgIpc) is 2.92. The molecule has 1 fully saturated rings. The highest BCUT2D eigenvalue weighted by molar-refractivity contribution is 6.09. The summed E-state index contributed by atoms with van der Waals surface area (Å²) in [6.07, 6.45) is 0. The summed E-state index contributed by atoms with van der Waals surface area (Å²) < 4.78 is 30.9. The van der Waals surface area contributed by atoms with Gasteiger partial charge in [0.25, 0.3) is 5.91 Å². The Hall–Kier alpha value is -3.62. The number of hydrogen-bond donors (Lipinski definition) is 1. The van der Waals surface area contributed by atoms with Gasteiger partial charge in [-0.1, -0.05) is 29.8 Å². The molecule has 1 aliphatic rings. The molecule has 1 atom stereocenters. The van der Waals surface area contributed by atoms with Crippen molar-refractivity contribution in [3.05, 3.63) is 70.8 Å². The third kappa shape index (κ3) is 4.05. The minimum absolute atomic E-state index is 0.177. The minimum Gasteiger partial charge on any atom is -0.456 e. The van der Waals surface area contributed by atoms with Crippen LogP contribution in [0.3, 0.4) is 0 Å². The van der Waals surface area contributed by atoms with Crippen molar-refractivity contribution in [1.82, 2.24) is 10.2 Å². The third-order valence-electron chi connectivity index (χ3n) is 4.80. The topological polar surface area (TPSA) is 92.8 Å². The molecule has 0 aliphatic carbocycles. The molecule has 156 valence electrons. The van der Waals surface area contributed by atoms with Gasteiger partial charge >= 0.3 is 12.0 Å². The Balaban J connectivity index is 1.63. The third-order valence-corrected chi connectivity index (χ3v) is 4.80. The molecule has 9 heteroatoms. The summed E-state index contributed by atoms with van der Waals surface area (Å²) in [7, 11) is 0. The predicted molar refractivity (Wildman–Crippen MR) is 100 cm³/mol. The molecular formula is C21H18F2N2O5. The molecule has 2 aromatic carbocycles. The van der Waals surface area contributed by atoms with Crippen molar-refractivity contribution in [3.8, 4) is 0 Å². The number of imide groups is 1.